The largest absolute Gasteiger partial charge is 0.397 e. The average molecular weight is 209 g/mol. The van der Waals surface area contributed by atoms with Crippen molar-refractivity contribution >= 4 is 11.6 Å². The van der Waals surface area contributed by atoms with Gasteiger partial charge in [-0.3, -0.25) is 9.78 Å². The Morgan fingerprint density at radius 2 is 2.40 bits per heavy atom. The lowest BCUT2D eigenvalue weighted by atomic mass is 10.2. The number of pyridine rings is 1. The molecule has 1 heterocycles. The first-order valence-corrected chi connectivity index (χ1v) is 4.72. The third-order valence-electron chi connectivity index (χ3n) is 1.87. The molecule has 1 amide bonds. The third kappa shape index (κ3) is 3.95. The quantitative estimate of drug-likeness (QED) is 0.635. The van der Waals surface area contributed by atoms with Crippen LogP contribution in [0.4, 0.5) is 5.69 Å². The number of aromatic nitrogens is 1. The van der Waals surface area contributed by atoms with E-state index in [1.807, 2.05) is 0 Å². The average Bonchev–Trinajstić information content (AvgIpc) is 2.21. The second-order valence-electron chi connectivity index (χ2n) is 3.41. The van der Waals surface area contributed by atoms with Crippen LogP contribution in [-0.4, -0.2) is 28.6 Å². The minimum atomic E-state index is -0.230. The Morgan fingerprint density at radius 3 is 2.93 bits per heavy atom. The van der Waals surface area contributed by atoms with Gasteiger partial charge in [0.05, 0.1) is 24.9 Å². The number of nitrogens with one attached hydrogen (secondary N) is 1. The van der Waals surface area contributed by atoms with Gasteiger partial charge in [-0.1, -0.05) is 0 Å². The summed E-state index contributed by atoms with van der Waals surface area (Å²) >= 11 is 0. The zero-order valence-electron chi connectivity index (χ0n) is 8.60. The molecule has 0 spiro atoms. The first-order valence-electron chi connectivity index (χ1n) is 4.72. The van der Waals surface area contributed by atoms with Crippen molar-refractivity contribution in [2.75, 3.05) is 12.3 Å². The number of hydrogen-bond acceptors (Lipinski definition) is 4. The molecule has 1 atom stereocenters. The summed E-state index contributed by atoms with van der Waals surface area (Å²) in [7, 11) is 0. The molecule has 1 aromatic rings. The molecule has 5 heteroatoms. The Kier molecular flexibility index (Phi) is 4.05. The first-order chi connectivity index (χ1) is 7.11. The number of rotatable bonds is 4. The van der Waals surface area contributed by atoms with Crippen molar-refractivity contribution in [3.05, 3.63) is 24.0 Å². The van der Waals surface area contributed by atoms with E-state index in [2.05, 4.69) is 10.3 Å². The molecule has 0 fully saturated rings. The number of nitrogen functional groups attached to an aromatic ring is 1. The Morgan fingerprint density at radius 1 is 1.67 bits per heavy atom. The lowest BCUT2D eigenvalue weighted by Gasteiger charge is -2.10. The lowest BCUT2D eigenvalue weighted by molar-refractivity contribution is -0.121. The number of aliphatic hydroxyl groups excluding tert-OH is 1. The summed E-state index contributed by atoms with van der Waals surface area (Å²) in [5.74, 6) is -0.158. The van der Waals surface area contributed by atoms with Crippen molar-refractivity contribution in [3.8, 4) is 0 Å². The van der Waals surface area contributed by atoms with Crippen LogP contribution in [0.15, 0.2) is 18.3 Å². The van der Waals surface area contributed by atoms with Gasteiger partial charge in [0.25, 0.3) is 0 Å². The Labute approximate surface area is 88.3 Å². The summed E-state index contributed by atoms with van der Waals surface area (Å²) in [4.78, 5) is 15.4. The number of hydrogen-bond donors (Lipinski definition) is 3. The fourth-order valence-corrected chi connectivity index (χ4v) is 1.08. The summed E-state index contributed by atoms with van der Waals surface area (Å²) in [6.45, 7) is 1.66. The van der Waals surface area contributed by atoms with E-state index in [0.29, 0.717) is 11.4 Å². The molecule has 4 N–H and O–H groups in total. The van der Waals surface area contributed by atoms with Crippen molar-refractivity contribution in [2.45, 2.75) is 19.4 Å². The maximum absolute atomic E-state index is 11.4. The highest BCUT2D eigenvalue weighted by Gasteiger charge is 2.07. The molecule has 82 valence electrons. The molecule has 0 aromatic carbocycles. The minimum absolute atomic E-state index is 0.0685. The lowest BCUT2D eigenvalue weighted by Crippen LogP contribution is -2.36. The van der Waals surface area contributed by atoms with Crippen LogP contribution in [0.5, 0.6) is 0 Å². The fraction of sp³-hybridized carbons (Fsp3) is 0.400. The van der Waals surface area contributed by atoms with Gasteiger partial charge in [0.2, 0.25) is 5.91 Å². The highest BCUT2D eigenvalue weighted by Crippen LogP contribution is 2.01. The van der Waals surface area contributed by atoms with Gasteiger partial charge < -0.3 is 16.2 Å². The van der Waals surface area contributed by atoms with Crippen molar-refractivity contribution < 1.29 is 9.90 Å². The number of carbonyl (C=O) groups is 1. The second kappa shape index (κ2) is 5.31. The number of anilines is 1. The van der Waals surface area contributed by atoms with E-state index in [1.54, 1.807) is 19.1 Å². The molecule has 15 heavy (non-hydrogen) atoms. The number of nitrogens with two attached hydrogens (primary N) is 1. The summed E-state index contributed by atoms with van der Waals surface area (Å²) < 4.78 is 0. The number of aliphatic hydroxyl groups is 1. The van der Waals surface area contributed by atoms with Crippen LogP contribution in [0.3, 0.4) is 0 Å². The number of nitrogens with zero attached hydrogens (tertiary/aromatic N) is 1. The van der Waals surface area contributed by atoms with Crippen molar-refractivity contribution in [2.24, 2.45) is 0 Å². The molecule has 0 aliphatic carbocycles. The van der Waals surface area contributed by atoms with Gasteiger partial charge in [-0.25, -0.2) is 0 Å². The molecule has 0 saturated heterocycles. The van der Waals surface area contributed by atoms with Gasteiger partial charge in [0, 0.05) is 11.7 Å². The second-order valence-corrected chi connectivity index (χ2v) is 3.41. The SMILES string of the molecule is CC(CO)NC(=O)Cc1ccc(N)cn1. The maximum Gasteiger partial charge on any atom is 0.226 e. The van der Waals surface area contributed by atoms with Crippen LogP contribution >= 0.6 is 0 Å². The van der Waals surface area contributed by atoms with Crippen LogP contribution in [0.2, 0.25) is 0 Å². The number of amides is 1. The Balaban J connectivity index is 2.48. The predicted octanol–water partition coefficient (Wildman–Crippen LogP) is -0.297. The van der Waals surface area contributed by atoms with Crippen molar-refractivity contribution in [1.29, 1.82) is 0 Å². The topological polar surface area (TPSA) is 88.2 Å². The molecule has 1 aromatic heterocycles. The predicted molar refractivity (Wildman–Crippen MR) is 57.0 cm³/mol. The molecular formula is C10H15N3O2. The van der Waals surface area contributed by atoms with Gasteiger partial charge in [-0.2, -0.15) is 0 Å². The fourth-order valence-electron chi connectivity index (χ4n) is 1.08. The van der Waals surface area contributed by atoms with E-state index in [0.717, 1.165) is 0 Å². The van der Waals surface area contributed by atoms with Gasteiger partial charge >= 0.3 is 0 Å². The summed E-state index contributed by atoms with van der Waals surface area (Å²) in [5, 5.41) is 11.4. The van der Waals surface area contributed by atoms with Crippen LogP contribution in [0, 0.1) is 0 Å². The van der Waals surface area contributed by atoms with Gasteiger partial charge in [0.1, 0.15) is 0 Å². The minimum Gasteiger partial charge on any atom is -0.397 e. The molecule has 0 bridgehead atoms. The normalized spacial score (nSPS) is 12.1. The van der Waals surface area contributed by atoms with E-state index >= 15 is 0 Å². The Bertz CT molecular complexity index is 324. The van der Waals surface area contributed by atoms with E-state index < -0.39 is 0 Å². The maximum atomic E-state index is 11.4. The van der Waals surface area contributed by atoms with Crippen LogP contribution in [-0.2, 0) is 11.2 Å². The van der Waals surface area contributed by atoms with E-state index in [9.17, 15) is 4.79 Å². The number of carbonyl (C=O) groups excluding carboxylic acids is 1. The summed E-state index contributed by atoms with van der Waals surface area (Å²) in [6.07, 6.45) is 1.71. The zero-order valence-corrected chi connectivity index (χ0v) is 8.60. The van der Waals surface area contributed by atoms with Crippen LogP contribution < -0.4 is 11.1 Å². The molecular weight excluding hydrogens is 194 g/mol. The van der Waals surface area contributed by atoms with Crippen molar-refractivity contribution in [1.82, 2.24) is 10.3 Å². The standard InChI is InChI=1S/C10H15N3O2/c1-7(6-14)13-10(15)4-9-3-2-8(11)5-12-9/h2-3,5,7,14H,4,6,11H2,1H3,(H,13,15). The zero-order chi connectivity index (χ0) is 11.3. The van der Waals surface area contributed by atoms with Crippen molar-refractivity contribution in [3.63, 3.8) is 0 Å². The molecule has 0 aliphatic rings. The molecule has 1 unspecified atom stereocenters. The first kappa shape index (κ1) is 11.5. The highest BCUT2D eigenvalue weighted by atomic mass is 16.3. The molecule has 0 saturated carbocycles. The molecule has 1 rings (SSSR count). The van der Waals surface area contributed by atoms with E-state index in [4.69, 9.17) is 10.8 Å². The molecule has 0 radical (unpaired) electrons. The Hall–Kier alpha value is -1.62. The van der Waals surface area contributed by atoms with Crippen LogP contribution in [0.1, 0.15) is 12.6 Å². The smallest absolute Gasteiger partial charge is 0.226 e. The molecule has 5 nitrogen and oxygen atoms in total. The summed E-state index contributed by atoms with van der Waals surface area (Å²) in [6, 6.07) is 3.18. The van der Waals surface area contributed by atoms with Crippen LogP contribution in [0.25, 0.3) is 0 Å². The monoisotopic (exact) mass is 209 g/mol. The molecule has 0 aliphatic heterocycles. The van der Waals surface area contributed by atoms with E-state index in [-0.39, 0.29) is 25.0 Å². The third-order valence-corrected chi connectivity index (χ3v) is 1.87. The van der Waals surface area contributed by atoms with Gasteiger partial charge in [0.15, 0.2) is 0 Å². The van der Waals surface area contributed by atoms with Gasteiger partial charge in [-0.05, 0) is 19.1 Å². The summed E-state index contributed by atoms with van der Waals surface area (Å²) in [5.41, 5.74) is 6.69. The van der Waals surface area contributed by atoms with Gasteiger partial charge in [-0.15, -0.1) is 0 Å². The van der Waals surface area contributed by atoms with E-state index in [1.165, 1.54) is 6.20 Å². The highest BCUT2D eigenvalue weighted by molar-refractivity contribution is 5.78.